The van der Waals surface area contributed by atoms with Crippen molar-refractivity contribution in [2.24, 2.45) is 5.92 Å². The summed E-state index contributed by atoms with van der Waals surface area (Å²) in [5, 5.41) is 5.17. The Kier molecular flexibility index (Phi) is 4.57. The number of carbonyl (C=O) groups excluding carboxylic acids is 1. The topological polar surface area (TPSA) is 38.3 Å². The first-order valence-corrected chi connectivity index (χ1v) is 7.04. The molecule has 1 aromatic rings. The highest BCUT2D eigenvalue weighted by atomic mass is 32.1. The van der Waals surface area contributed by atoms with Crippen LogP contribution in [0.4, 0.5) is 0 Å². The molecule has 94 valence electrons. The van der Waals surface area contributed by atoms with E-state index in [1.54, 1.807) is 11.3 Å². The van der Waals surface area contributed by atoms with Gasteiger partial charge in [-0.1, -0.05) is 6.07 Å². The van der Waals surface area contributed by atoms with Crippen molar-refractivity contribution < 1.29 is 9.53 Å². The Morgan fingerprint density at radius 3 is 3.00 bits per heavy atom. The second-order valence-electron chi connectivity index (χ2n) is 4.58. The minimum absolute atomic E-state index is 0.148. The second kappa shape index (κ2) is 6.17. The SMILES string of the molecule is CC(Cc1cccs1)NC(=O)C1CCOCC1. The van der Waals surface area contributed by atoms with Gasteiger partial charge in [0, 0.05) is 36.5 Å². The van der Waals surface area contributed by atoms with Crippen molar-refractivity contribution in [2.45, 2.75) is 32.2 Å². The van der Waals surface area contributed by atoms with Gasteiger partial charge >= 0.3 is 0 Å². The van der Waals surface area contributed by atoms with E-state index in [0.29, 0.717) is 0 Å². The Labute approximate surface area is 106 Å². The van der Waals surface area contributed by atoms with Crippen LogP contribution in [0.2, 0.25) is 0 Å². The second-order valence-corrected chi connectivity index (χ2v) is 5.61. The van der Waals surface area contributed by atoms with E-state index in [9.17, 15) is 4.79 Å². The minimum atomic E-state index is 0.148. The van der Waals surface area contributed by atoms with Gasteiger partial charge in [-0.15, -0.1) is 11.3 Å². The summed E-state index contributed by atoms with van der Waals surface area (Å²) in [6, 6.07) is 4.37. The number of hydrogen-bond donors (Lipinski definition) is 1. The largest absolute Gasteiger partial charge is 0.381 e. The predicted octanol–water partition coefficient (Wildman–Crippen LogP) is 2.22. The van der Waals surface area contributed by atoms with E-state index >= 15 is 0 Å². The maximum Gasteiger partial charge on any atom is 0.223 e. The summed E-state index contributed by atoms with van der Waals surface area (Å²) >= 11 is 1.74. The molecule has 0 aliphatic carbocycles. The van der Waals surface area contributed by atoms with E-state index < -0.39 is 0 Å². The van der Waals surface area contributed by atoms with Crippen LogP contribution in [-0.2, 0) is 16.0 Å². The van der Waals surface area contributed by atoms with Crippen molar-refractivity contribution in [3.05, 3.63) is 22.4 Å². The van der Waals surface area contributed by atoms with Crippen LogP contribution in [0.1, 0.15) is 24.6 Å². The lowest BCUT2D eigenvalue weighted by Gasteiger charge is -2.23. The van der Waals surface area contributed by atoms with Crippen LogP contribution < -0.4 is 5.32 Å². The number of thiophene rings is 1. The third kappa shape index (κ3) is 3.82. The van der Waals surface area contributed by atoms with Crippen molar-refractivity contribution in [1.82, 2.24) is 5.32 Å². The van der Waals surface area contributed by atoms with Gasteiger partial charge in [-0.3, -0.25) is 4.79 Å². The third-order valence-corrected chi connectivity index (χ3v) is 3.97. The number of ether oxygens (including phenoxy) is 1. The molecule has 1 fully saturated rings. The Bertz CT molecular complexity index is 344. The molecule has 3 nitrogen and oxygen atoms in total. The summed E-state index contributed by atoms with van der Waals surface area (Å²) in [7, 11) is 0. The van der Waals surface area contributed by atoms with Gasteiger partial charge in [-0.25, -0.2) is 0 Å². The van der Waals surface area contributed by atoms with Gasteiger partial charge < -0.3 is 10.1 Å². The number of amides is 1. The smallest absolute Gasteiger partial charge is 0.223 e. The van der Waals surface area contributed by atoms with E-state index in [4.69, 9.17) is 4.74 Å². The van der Waals surface area contributed by atoms with Crippen LogP contribution in [0, 0.1) is 5.92 Å². The zero-order valence-electron chi connectivity index (χ0n) is 10.1. The van der Waals surface area contributed by atoms with E-state index in [0.717, 1.165) is 32.5 Å². The molecule has 0 radical (unpaired) electrons. The molecule has 2 rings (SSSR count). The quantitative estimate of drug-likeness (QED) is 0.893. The van der Waals surface area contributed by atoms with Crippen molar-refractivity contribution >= 4 is 17.2 Å². The molecule has 1 N–H and O–H groups in total. The normalized spacial score (nSPS) is 18.9. The van der Waals surface area contributed by atoms with E-state index in [2.05, 4.69) is 23.7 Å². The molecule has 1 aliphatic rings. The molecule has 4 heteroatoms. The molecule has 1 amide bonds. The van der Waals surface area contributed by atoms with Gasteiger partial charge in [-0.05, 0) is 31.2 Å². The molecule has 1 unspecified atom stereocenters. The summed E-state index contributed by atoms with van der Waals surface area (Å²) in [5.41, 5.74) is 0. The zero-order chi connectivity index (χ0) is 12.1. The van der Waals surface area contributed by atoms with Crippen LogP contribution >= 0.6 is 11.3 Å². The standard InChI is InChI=1S/C13H19NO2S/c1-10(9-12-3-2-8-17-12)14-13(15)11-4-6-16-7-5-11/h2-3,8,10-11H,4-7,9H2,1H3,(H,14,15). The monoisotopic (exact) mass is 253 g/mol. The van der Waals surface area contributed by atoms with Gasteiger partial charge in [0.2, 0.25) is 5.91 Å². The first-order chi connectivity index (χ1) is 8.25. The van der Waals surface area contributed by atoms with Crippen LogP contribution in [0.15, 0.2) is 17.5 Å². The fraction of sp³-hybridized carbons (Fsp3) is 0.615. The van der Waals surface area contributed by atoms with Gasteiger partial charge in [-0.2, -0.15) is 0 Å². The average Bonchev–Trinajstić information content (AvgIpc) is 2.82. The molecule has 0 aromatic carbocycles. The Morgan fingerprint density at radius 2 is 2.35 bits per heavy atom. The van der Waals surface area contributed by atoms with Crippen molar-refractivity contribution in [2.75, 3.05) is 13.2 Å². The lowest BCUT2D eigenvalue weighted by molar-refractivity contribution is -0.128. The fourth-order valence-electron chi connectivity index (χ4n) is 2.10. The summed E-state index contributed by atoms with van der Waals surface area (Å²) in [4.78, 5) is 13.3. The summed E-state index contributed by atoms with van der Waals surface area (Å²) in [6.45, 7) is 3.51. The maximum absolute atomic E-state index is 12.0. The molecule has 1 atom stereocenters. The molecular formula is C13H19NO2S. The lowest BCUT2D eigenvalue weighted by Crippen LogP contribution is -2.40. The van der Waals surface area contributed by atoms with Gasteiger partial charge in [0.05, 0.1) is 0 Å². The summed E-state index contributed by atoms with van der Waals surface area (Å²) < 4.78 is 5.26. The highest BCUT2D eigenvalue weighted by Crippen LogP contribution is 2.16. The molecular weight excluding hydrogens is 234 g/mol. The Balaban J connectivity index is 1.77. The van der Waals surface area contributed by atoms with Crippen LogP contribution in [0.25, 0.3) is 0 Å². The van der Waals surface area contributed by atoms with Crippen molar-refractivity contribution in [3.8, 4) is 0 Å². The molecule has 17 heavy (non-hydrogen) atoms. The van der Waals surface area contributed by atoms with Crippen molar-refractivity contribution in [3.63, 3.8) is 0 Å². The zero-order valence-corrected chi connectivity index (χ0v) is 11.0. The van der Waals surface area contributed by atoms with Crippen molar-refractivity contribution in [1.29, 1.82) is 0 Å². The third-order valence-electron chi connectivity index (χ3n) is 3.07. The number of nitrogens with one attached hydrogen (secondary N) is 1. The van der Waals surface area contributed by atoms with Crippen LogP contribution in [0.5, 0.6) is 0 Å². The first kappa shape index (κ1) is 12.6. The van der Waals surface area contributed by atoms with Gasteiger partial charge in [0.1, 0.15) is 0 Å². The highest BCUT2D eigenvalue weighted by molar-refractivity contribution is 7.09. The predicted molar refractivity (Wildman–Crippen MR) is 69.2 cm³/mol. The van der Waals surface area contributed by atoms with E-state index in [1.165, 1.54) is 4.88 Å². The average molecular weight is 253 g/mol. The summed E-state index contributed by atoms with van der Waals surface area (Å²) in [6.07, 6.45) is 2.64. The van der Waals surface area contributed by atoms with Crippen LogP contribution in [0.3, 0.4) is 0 Å². The molecule has 0 spiro atoms. The van der Waals surface area contributed by atoms with E-state index in [-0.39, 0.29) is 17.9 Å². The highest BCUT2D eigenvalue weighted by Gasteiger charge is 2.22. The molecule has 2 heterocycles. The fourth-order valence-corrected chi connectivity index (χ4v) is 2.94. The number of rotatable bonds is 4. The van der Waals surface area contributed by atoms with E-state index in [1.807, 2.05) is 6.07 Å². The lowest BCUT2D eigenvalue weighted by atomic mass is 9.99. The molecule has 1 saturated heterocycles. The minimum Gasteiger partial charge on any atom is -0.381 e. The molecule has 1 aromatic heterocycles. The van der Waals surface area contributed by atoms with Crippen LogP contribution in [-0.4, -0.2) is 25.2 Å². The maximum atomic E-state index is 12.0. The van der Waals surface area contributed by atoms with Gasteiger partial charge in [0.25, 0.3) is 0 Å². The number of hydrogen-bond acceptors (Lipinski definition) is 3. The first-order valence-electron chi connectivity index (χ1n) is 6.16. The Morgan fingerprint density at radius 1 is 1.59 bits per heavy atom. The molecule has 0 saturated carbocycles. The molecule has 1 aliphatic heterocycles. The van der Waals surface area contributed by atoms with Gasteiger partial charge in [0.15, 0.2) is 0 Å². The number of carbonyl (C=O) groups is 1. The Hall–Kier alpha value is -0.870. The summed E-state index contributed by atoms with van der Waals surface area (Å²) in [5.74, 6) is 0.340. The molecule has 0 bridgehead atoms.